The van der Waals surface area contributed by atoms with Gasteiger partial charge < -0.3 is 15.0 Å². The second kappa shape index (κ2) is 7.30. The van der Waals surface area contributed by atoms with Crippen LogP contribution in [-0.4, -0.2) is 28.6 Å². The summed E-state index contributed by atoms with van der Waals surface area (Å²) in [5, 5.41) is 12.5. The van der Waals surface area contributed by atoms with E-state index in [4.69, 9.17) is 4.74 Å². The number of rotatable bonds is 4. The molecule has 1 aliphatic rings. The number of hydrogen-bond donors (Lipinski definition) is 1. The number of nitrogens with zero attached hydrogens (tertiary/aromatic N) is 5. The van der Waals surface area contributed by atoms with Crippen LogP contribution in [0.3, 0.4) is 0 Å². The number of ether oxygens (including phenoxy) is 1. The minimum Gasteiger partial charge on any atom is -0.495 e. The van der Waals surface area contributed by atoms with Crippen LogP contribution in [0.15, 0.2) is 48.5 Å². The highest BCUT2D eigenvalue weighted by Crippen LogP contribution is 2.32. The van der Waals surface area contributed by atoms with Gasteiger partial charge in [-0.2, -0.15) is 20.2 Å². The van der Waals surface area contributed by atoms with Crippen molar-refractivity contribution >= 4 is 23.3 Å². The Morgan fingerprint density at radius 2 is 1.89 bits per heavy atom. The van der Waals surface area contributed by atoms with Crippen LogP contribution in [-0.2, 0) is 6.42 Å². The van der Waals surface area contributed by atoms with Crippen LogP contribution in [0.4, 0.5) is 23.3 Å². The van der Waals surface area contributed by atoms with Gasteiger partial charge in [0.1, 0.15) is 11.8 Å². The Labute approximate surface area is 157 Å². The lowest BCUT2D eigenvalue weighted by Gasteiger charge is -2.29. The Hall–Kier alpha value is -3.66. The molecule has 7 nitrogen and oxygen atoms in total. The van der Waals surface area contributed by atoms with Gasteiger partial charge in [-0.05, 0) is 36.6 Å². The van der Waals surface area contributed by atoms with E-state index in [0.717, 1.165) is 30.8 Å². The molecule has 0 atom stereocenters. The predicted molar refractivity (Wildman–Crippen MR) is 103 cm³/mol. The Kier molecular flexibility index (Phi) is 4.54. The molecule has 0 radical (unpaired) electrons. The lowest BCUT2D eigenvalue weighted by atomic mass is 10.0. The second-order valence-electron chi connectivity index (χ2n) is 6.10. The summed E-state index contributed by atoms with van der Waals surface area (Å²) in [6, 6.07) is 17.7. The number of aromatic nitrogens is 3. The molecule has 2 aromatic carbocycles. The molecule has 27 heavy (non-hydrogen) atoms. The monoisotopic (exact) mass is 358 g/mol. The van der Waals surface area contributed by atoms with E-state index in [1.807, 2.05) is 47.4 Å². The van der Waals surface area contributed by atoms with Gasteiger partial charge >= 0.3 is 0 Å². The van der Waals surface area contributed by atoms with Gasteiger partial charge in [0.05, 0.1) is 12.8 Å². The first-order valence-corrected chi connectivity index (χ1v) is 8.70. The maximum Gasteiger partial charge on any atom is 0.238 e. The Morgan fingerprint density at radius 3 is 2.74 bits per heavy atom. The molecule has 0 aliphatic carbocycles. The highest BCUT2D eigenvalue weighted by atomic mass is 16.5. The summed E-state index contributed by atoms with van der Waals surface area (Å²) in [6.07, 6.45) is 2.02. The van der Waals surface area contributed by atoms with Crippen molar-refractivity contribution in [1.29, 1.82) is 5.26 Å². The molecule has 134 valence electrons. The maximum absolute atomic E-state index is 9.37. The molecule has 0 unspecified atom stereocenters. The topological polar surface area (TPSA) is 87.0 Å². The van der Waals surface area contributed by atoms with Crippen LogP contribution < -0.4 is 15.0 Å². The van der Waals surface area contributed by atoms with Crippen molar-refractivity contribution in [3.8, 4) is 11.8 Å². The zero-order valence-corrected chi connectivity index (χ0v) is 14.9. The van der Waals surface area contributed by atoms with Crippen molar-refractivity contribution in [2.75, 3.05) is 23.9 Å². The number of benzene rings is 2. The van der Waals surface area contributed by atoms with Crippen LogP contribution in [0, 0.1) is 11.3 Å². The summed E-state index contributed by atoms with van der Waals surface area (Å²) in [4.78, 5) is 15.1. The molecule has 0 bridgehead atoms. The lowest BCUT2D eigenvalue weighted by molar-refractivity contribution is 0.417. The predicted octanol–water partition coefficient (Wildman–Crippen LogP) is 3.58. The van der Waals surface area contributed by atoms with Crippen LogP contribution >= 0.6 is 0 Å². The minimum atomic E-state index is 0.0699. The van der Waals surface area contributed by atoms with Gasteiger partial charge in [0, 0.05) is 12.2 Å². The molecule has 1 aliphatic heterocycles. The van der Waals surface area contributed by atoms with E-state index in [2.05, 4.69) is 32.4 Å². The first kappa shape index (κ1) is 16.8. The summed E-state index contributed by atoms with van der Waals surface area (Å²) in [5.74, 6) is 1.51. The number of methoxy groups -OCH3 is 1. The molecule has 0 fully saturated rings. The summed E-state index contributed by atoms with van der Waals surface area (Å²) < 4.78 is 5.36. The van der Waals surface area contributed by atoms with Crippen LogP contribution in [0.25, 0.3) is 0 Å². The fourth-order valence-corrected chi connectivity index (χ4v) is 3.20. The van der Waals surface area contributed by atoms with Gasteiger partial charge in [-0.3, -0.25) is 0 Å². The lowest BCUT2D eigenvalue weighted by Crippen LogP contribution is -2.27. The first-order chi connectivity index (χ1) is 13.3. The van der Waals surface area contributed by atoms with E-state index in [1.165, 1.54) is 5.56 Å². The third-order valence-corrected chi connectivity index (χ3v) is 4.43. The van der Waals surface area contributed by atoms with Gasteiger partial charge in [0.25, 0.3) is 0 Å². The third kappa shape index (κ3) is 3.37. The van der Waals surface area contributed by atoms with E-state index in [0.29, 0.717) is 17.6 Å². The second-order valence-corrected chi connectivity index (χ2v) is 6.10. The molecule has 1 aromatic heterocycles. The zero-order valence-electron chi connectivity index (χ0n) is 14.9. The minimum absolute atomic E-state index is 0.0699. The van der Waals surface area contributed by atoms with Crippen molar-refractivity contribution < 1.29 is 4.74 Å². The van der Waals surface area contributed by atoms with Gasteiger partial charge in [-0.25, -0.2) is 0 Å². The van der Waals surface area contributed by atoms with Crippen molar-refractivity contribution in [1.82, 2.24) is 15.0 Å². The summed E-state index contributed by atoms with van der Waals surface area (Å²) in [7, 11) is 1.60. The normalized spacial score (nSPS) is 12.8. The van der Waals surface area contributed by atoms with Crippen LogP contribution in [0.2, 0.25) is 0 Å². The molecule has 4 rings (SSSR count). The van der Waals surface area contributed by atoms with E-state index in [9.17, 15) is 5.26 Å². The van der Waals surface area contributed by atoms with Crippen LogP contribution in [0.1, 0.15) is 17.8 Å². The van der Waals surface area contributed by atoms with Gasteiger partial charge in [0.2, 0.25) is 17.7 Å². The number of nitrogens with one attached hydrogen (secondary N) is 1. The fourth-order valence-electron chi connectivity index (χ4n) is 3.20. The smallest absolute Gasteiger partial charge is 0.238 e. The molecule has 7 heteroatoms. The number of para-hydroxylation sites is 3. The van der Waals surface area contributed by atoms with E-state index in [-0.39, 0.29) is 5.82 Å². The van der Waals surface area contributed by atoms with Gasteiger partial charge in [0.15, 0.2) is 0 Å². The van der Waals surface area contributed by atoms with Crippen molar-refractivity contribution in [3.63, 3.8) is 0 Å². The number of nitriles is 1. The largest absolute Gasteiger partial charge is 0.495 e. The van der Waals surface area contributed by atoms with Crippen molar-refractivity contribution in [3.05, 3.63) is 59.9 Å². The fraction of sp³-hybridized carbons (Fsp3) is 0.200. The summed E-state index contributed by atoms with van der Waals surface area (Å²) in [6.45, 7) is 0.792. The molecular weight excluding hydrogens is 340 g/mol. The zero-order chi connectivity index (χ0) is 18.6. The molecule has 1 N–H and O–H groups in total. The molecular formula is C20H18N6O. The average Bonchev–Trinajstić information content (AvgIpc) is 2.73. The Balaban J connectivity index is 1.73. The van der Waals surface area contributed by atoms with Crippen LogP contribution in [0.5, 0.6) is 5.75 Å². The third-order valence-electron chi connectivity index (χ3n) is 4.43. The Morgan fingerprint density at radius 1 is 1.07 bits per heavy atom. The van der Waals surface area contributed by atoms with Crippen molar-refractivity contribution in [2.24, 2.45) is 0 Å². The number of fused-ring (bicyclic) bond motifs is 1. The molecule has 0 amide bonds. The molecule has 0 spiro atoms. The average molecular weight is 358 g/mol. The molecule has 2 heterocycles. The van der Waals surface area contributed by atoms with Gasteiger partial charge in [-0.1, -0.05) is 30.3 Å². The number of aryl methyl sites for hydroxylation is 1. The molecule has 3 aromatic rings. The highest BCUT2D eigenvalue weighted by molar-refractivity contribution is 5.66. The van der Waals surface area contributed by atoms with E-state index >= 15 is 0 Å². The quantitative estimate of drug-likeness (QED) is 0.762. The highest BCUT2D eigenvalue weighted by Gasteiger charge is 2.21. The van der Waals surface area contributed by atoms with E-state index in [1.54, 1.807) is 7.11 Å². The molecule has 0 saturated carbocycles. The summed E-state index contributed by atoms with van der Waals surface area (Å²) in [5.41, 5.74) is 3.05. The summed E-state index contributed by atoms with van der Waals surface area (Å²) >= 11 is 0. The number of anilines is 4. The molecule has 0 saturated heterocycles. The van der Waals surface area contributed by atoms with Crippen molar-refractivity contribution in [2.45, 2.75) is 12.8 Å². The van der Waals surface area contributed by atoms with Gasteiger partial charge in [-0.15, -0.1) is 0 Å². The SMILES string of the molecule is COc1ccccc1Nc1nc(C#N)nc(N2CCCc3ccccc32)n1. The van der Waals surface area contributed by atoms with E-state index < -0.39 is 0 Å². The Bertz CT molecular complexity index is 1010. The maximum atomic E-state index is 9.37. The first-order valence-electron chi connectivity index (χ1n) is 8.70. The number of hydrogen-bond acceptors (Lipinski definition) is 7. The standard InChI is InChI=1S/C20H18N6O/c1-27-17-11-5-3-9-15(17)22-19-23-18(13-21)24-20(25-19)26-12-6-8-14-7-2-4-10-16(14)26/h2-5,7,9-11H,6,8,12H2,1H3,(H,22,23,24,25).